The quantitative estimate of drug-likeness (QED) is 0.710. The minimum Gasteiger partial charge on any atom is -0.359 e. The van der Waals surface area contributed by atoms with Crippen LogP contribution in [-0.4, -0.2) is 18.2 Å². The lowest BCUT2D eigenvalue weighted by Crippen LogP contribution is -2.28. The van der Waals surface area contributed by atoms with E-state index in [-0.39, 0.29) is 0 Å². The van der Waals surface area contributed by atoms with Crippen LogP contribution in [0.25, 0.3) is 0 Å². The van der Waals surface area contributed by atoms with Crippen LogP contribution in [0, 0.1) is 0 Å². The Kier molecular flexibility index (Phi) is 2.49. The summed E-state index contributed by atoms with van der Waals surface area (Å²) in [7, 11) is 0. The molecular weight excluding hydrogens is 178 g/mol. The molecule has 0 saturated heterocycles. The fourth-order valence-electron chi connectivity index (χ4n) is 1.97. The lowest BCUT2D eigenvalue weighted by Gasteiger charge is -2.23. The zero-order chi connectivity index (χ0) is 9.26. The molecule has 0 N–H and O–H groups in total. The van der Waals surface area contributed by atoms with Crippen molar-refractivity contribution in [1.29, 1.82) is 0 Å². The Balaban J connectivity index is 2.29. The van der Waals surface area contributed by atoms with Crippen molar-refractivity contribution in [3.63, 3.8) is 0 Å². The maximum atomic E-state index is 2.49. The average molecular weight is 193 g/mol. The van der Waals surface area contributed by atoms with Crippen LogP contribution in [0.4, 0.5) is 5.69 Å². The molecule has 1 unspecified atom stereocenters. The Bertz CT molecular complexity index is 298. The van der Waals surface area contributed by atoms with Crippen molar-refractivity contribution in [1.82, 2.24) is 0 Å². The van der Waals surface area contributed by atoms with Crippen LogP contribution >= 0.6 is 11.8 Å². The summed E-state index contributed by atoms with van der Waals surface area (Å²) in [5.74, 6) is 1.11. The van der Waals surface area contributed by atoms with Gasteiger partial charge in [-0.15, -0.1) is 11.8 Å². The van der Waals surface area contributed by atoms with Gasteiger partial charge in [-0.1, -0.05) is 18.2 Å². The van der Waals surface area contributed by atoms with Crippen molar-refractivity contribution >= 4 is 17.4 Å². The minimum absolute atomic E-state index is 0.671. The number of nitrogens with zero attached hydrogens (tertiary/aromatic N) is 1. The van der Waals surface area contributed by atoms with Crippen molar-refractivity contribution in [2.24, 2.45) is 0 Å². The largest absolute Gasteiger partial charge is 0.359 e. The van der Waals surface area contributed by atoms with Gasteiger partial charge in [0, 0.05) is 11.7 Å². The summed E-state index contributed by atoms with van der Waals surface area (Å²) < 4.78 is 0. The molecule has 0 spiro atoms. The Morgan fingerprint density at radius 3 is 3.00 bits per heavy atom. The molecule has 13 heavy (non-hydrogen) atoms. The fourth-order valence-corrected chi connectivity index (χ4v) is 2.64. The van der Waals surface area contributed by atoms with E-state index in [0.29, 0.717) is 6.04 Å². The maximum absolute atomic E-state index is 2.49. The van der Waals surface area contributed by atoms with Crippen molar-refractivity contribution < 1.29 is 0 Å². The topological polar surface area (TPSA) is 3.24 Å². The predicted molar refractivity (Wildman–Crippen MR) is 60.5 cm³/mol. The first-order valence-electron chi connectivity index (χ1n) is 4.66. The number of hydrogen-bond donors (Lipinski definition) is 0. The van der Waals surface area contributed by atoms with Gasteiger partial charge in [-0.3, -0.25) is 0 Å². The second kappa shape index (κ2) is 3.62. The van der Waals surface area contributed by atoms with Gasteiger partial charge in [-0.05, 0) is 31.2 Å². The summed E-state index contributed by atoms with van der Waals surface area (Å²) in [6.45, 7) is 2.30. The lowest BCUT2D eigenvalue weighted by molar-refractivity contribution is 0.723. The van der Waals surface area contributed by atoms with E-state index in [9.17, 15) is 0 Å². The zero-order valence-electron chi connectivity index (χ0n) is 8.16. The van der Waals surface area contributed by atoms with Crippen LogP contribution < -0.4 is 4.90 Å². The normalized spacial score (nSPS) is 20.5. The molecule has 70 valence electrons. The first-order chi connectivity index (χ1) is 6.33. The van der Waals surface area contributed by atoms with Crippen LogP contribution in [0.15, 0.2) is 24.3 Å². The highest BCUT2D eigenvalue weighted by Gasteiger charge is 2.24. The molecular formula is C11H15NS. The van der Waals surface area contributed by atoms with Gasteiger partial charge in [0.15, 0.2) is 0 Å². The molecule has 1 heterocycles. The van der Waals surface area contributed by atoms with Crippen molar-refractivity contribution in [2.75, 3.05) is 17.0 Å². The van der Waals surface area contributed by atoms with Gasteiger partial charge in [-0.25, -0.2) is 0 Å². The Hall–Kier alpha value is -0.630. The van der Waals surface area contributed by atoms with E-state index in [1.807, 2.05) is 11.8 Å². The van der Waals surface area contributed by atoms with E-state index in [1.54, 1.807) is 0 Å². The fraction of sp³-hybridized carbons (Fsp3) is 0.455. The molecule has 0 amide bonds. The predicted octanol–water partition coefficient (Wildman–Crippen LogP) is 2.76. The van der Waals surface area contributed by atoms with Crippen LogP contribution in [0.1, 0.15) is 12.5 Å². The second-order valence-corrected chi connectivity index (χ2v) is 4.40. The molecule has 0 bridgehead atoms. The molecule has 1 aliphatic heterocycles. The highest BCUT2D eigenvalue weighted by Crippen LogP contribution is 2.32. The van der Waals surface area contributed by atoms with Gasteiger partial charge >= 0.3 is 0 Å². The summed E-state index contributed by atoms with van der Waals surface area (Å²) in [6, 6.07) is 9.41. The van der Waals surface area contributed by atoms with Gasteiger partial charge in [0.25, 0.3) is 0 Å². The highest BCUT2D eigenvalue weighted by atomic mass is 32.2. The van der Waals surface area contributed by atoms with Crippen LogP contribution in [-0.2, 0) is 6.42 Å². The van der Waals surface area contributed by atoms with E-state index in [2.05, 4.69) is 42.3 Å². The van der Waals surface area contributed by atoms with E-state index in [1.165, 1.54) is 17.7 Å². The Morgan fingerprint density at radius 1 is 1.46 bits per heavy atom. The summed E-state index contributed by atoms with van der Waals surface area (Å²) in [6.07, 6.45) is 3.37. The first-order valence-corrected chi connectivity index (χ1v) is 6.06. The number of anilines is 1. The summed E-state index contributed by atoms with van der Waals surface area (Å²) >= 11 is 1.89. The second-order valence-electron chi connectivity index (χ2n) is 3.57. The molecule has 2 rings (SSSR count). The molecule has 1 aromatic carbocycles. The van der Waals surface area contributed by atoms with E-state index >= 15 is 0 Å². The molecule has 1 aliphatic rings. The van der Waals surface area contributed by atoms with Gasteiger partial charge in [0.05, 0.1) is 5.88 Å². The van der Waals surface area contributed by atoms with E-state index in [0.717, 1.165) is 5.88 Å². The molecule has 1 nitrogen and oxygen atoms in total. The molecule has 0 radical (unpaired) electrons. The monoisotopic (exact) mass is 193 g/mol. The van der Waals surface area contributed by atoms with Crippen LogP contribution in [0.3, 0.4) is 0 Å². The highest BCUT2D eigenvalue weighted by molar-refractivity contribution is 7.98. The zero-order valence-corrected chi connectivity index (χ0v) is 8.97. The van der Waals surface area contributed by atoms with Gasteiger partial charge < -0.3 is 4.90 Å². The summed E-state index contributed by atoms with van der Waals surface area (Å²) in [5.41, 5.74) is 2.94. The number of para-hydroxylation sites is 1. The average Bonchev–Trinajstić information content (AvgIpc) is 2.44. The van der Waals surface area contributed by atoms with Gasteiger partial charge in [-0.2, -0.15) is 0 Å². The van der Waals surface area contributed by atoms with Gasteiger partial charge in [0.1, 0.15) is 0 Å². The number of benzene rings is 1. The third-order valence-corrected chi connectivity index (χ3v) is 3.15. The minimum atomic E-state index is 0.671. The van der Waals surface area contributed by atoms with Gasteiger partial charge in [0.2, 0.25) is 0 Å². The Morgan fingerprint density at radius 2 is 2.23 bits per heavy atom. The number of hydrogen-bond acceptors (Lipinski definition) is 2. The molecule has 0 aromatic heterocycles. The van der Waals surface area contributed by atoms with Crippen molar-refractivity contribution in [3.05, 3.63) is 29.8 Å². The summed E-state index contributed by atoms with van der Waals surface area (Å²) in [4.78, 5) is 2.49. The third-order valence-electron chi connectivity index (χ3n) is 2.62. The number of rotatable bonds is 2. The molecule has 1 aromatic rings. The van der Waals surface area contributed by atoms with Crippen LogP contribution in [0.5, 0.6) is 0 Å². The lowest BCUT2D eigenvalue weighted by atomic mass is 10.1. The maximum Gasteiger partial charge on any atom is 0.0639 e. The van der Waals surface area contributed by atoms with E-state index in [4.69, 9.17) is 0 Å². The SMILES string of the molecule is CSCN1c2ccccc2CC1C. The third kappa shape index (κ3) is 1.55. The Labute approximate surface area is 84.1 Å². The molecule has 0 fully saturated rings. The van der Waals surface area contributed by atoms with Crippen molar-refractivity contribution in [2.45, 2.75) is 19.4 Å². The molecule has 1 atom stereocenters. The molecule has 2 heteroatoms. The van der Waals surface area contributed by atoms with Crippen molar-refractivity contribution in [3.8, 4) is 0 Å². The van der Waals surface area contributed by atoms with E-state index < -0.39 is 0 Å². The molecule has 0 saturated carbocycles. The molecule has 0 aliphatic carbocycles. The number of fused-ring (bicyclic) bond motifs is 1. The summed E-state index contributed by atoms with van der Waals surface area (Å²) in [5, 5.41) is 0. The standard InChI is InChI=1S/C11H15NS/c1-9-7-10-5-3-4-6-11(10)12(9)8-13-2/h3-6,9H,7-8H2,1-2H3. The number of thioether (sulfide) groups is 1. The van der Waals surface area contributed by atoms with Crippen LogP contribution in [0.2, 0.25) is 0 Å². The smallest absolute Gasteiger partial charge is 0.0639 e. The first kappa shape index (κ1) is 8.95.